The third-order valence-electron chi connectivity index (χ3n) is 9.47. The van der Waals surface area contributed by atoms with Crippen LogP contribution in [0.1, 0.15) is 23.5 Å². The summed E-state index contributed by atoms with van der Waals surface area (Å²) in [7, 11) is 0. The summed E-state index contributed by atoms with van der Waals surface area (Å²) >= 11 is 0. The molecule has 3 unspecified atom stereocenters. The molecule has 218 valence electrons. The van der Waals surface area contributed by atoms with Crippen molar-refractivity contribution in [1.29, 1.82) is 0 Å². The van der Waals surface area contributed by atoms with Gasteiger partial charge in [-0.1, -0.05) is 140 Å². The van der Waals surface area contributed by atoms with Gasteiger partial charge in [0.2, 0.25) is 5.96 Å². The first kappa shape index (κ1) is 25.4. The first-order chi connectivity index (χ1) is 22.9. The van der Waals surface area contributed by atoms with Gasteiger partial charge in [-0.05, 0) is 41.0 Å². The molecule has 4 heterocycles. The average molecular weight is 592 g/mol. The third-order valence-corrected chi connectivity index (χ3v) is 9.47. The van der Waals surface area contributed by atoms with Crippen LogP contribution < -0.4 is 4.90 Å². The number of hydrazine groups is 1. The van der Waals surface area contributed by atoms with Gasteiger partial charge < -0.3 is 4.90 Å². The molecule has 5 nitrogen and oxygen atoms in total. The molecular formula is C41H29N5. The van der Waals surface area contributed by atoms with E-state index in [4.69, 9.17) is 4.99 Å². The highest BCUT2D eigenvalue weighted by atomic mass is 15.9. The number of para-hydroxylation sites is 3. The summed E-state index contributed by atoms with van der Waals surface area (Å²) in [6, 6.07) is 58.6. The van der Waals surface area contributed by atoms with Gasteiger partial charge in [-0.2, -0.15) is 5.01 Å². The molecule has 0 spiro atoms. The van der Waals surface area contributed by atoms with E-state index in [0.717, 1.165) is 34.2 Å². The van der Waals surface area contributed by atoms with Crippen molar-refractivity contribution in [2.24, 2.45) is 4.99 Å². The van der Waals surface area contributed by atoms with Crippen molar-refractivity contribution < 1.29 is 0 Å². The zero-order valence-corrected chi connectivity index (χ0v) is 25.0. The molecule has 0 amide bonds. The highest BCUT2D eigenvalue weighted by Crippen LogP contribution is 2.57. The van der Waals surface area contributed by atoms with Crippen LogP contribution in [0.3, 0.4) is 0 Å². The van der Waals surface area contributed by atoms with Gasteiger partial charge in [-0.25, -0.2) is 10.0 Å². The predicted molar refractivity (Wildman–Crippen MR) is 186 cm³/mol. The minimum atomic E-state index is -0.123. The Morgan fingerprint density at radius 1 is 0.500 bits per heavy atom. The lowest BCUT2D eigenvalue weighted by Gasteiger charge is -2.26. The van der Waals surface area contributed by atoms with E-state index in [1.165, 1.54) is 33.2 Å². The van der Waals surface area contributed by atoms with E-state index in [1.54, 1.807) is 0 Å². The van der Waals surface area contributed by atoms with Gasteiger partial charge in [0, 0.05) is 22.2 Å². The van der Waals surface area contributed by atoms with Crippen molar-refractivity contribution in [2.45, 2.75) is 12.3 Å². The van der Waals surface area contributed by atoms with E-state index in [-0.39, 0.29) is 12.3 Å². The van der Waals surface area contributed by atoms with E-state index >= 15 is 0 Å². The standard InChI is InChI=1S/C41H29N5/c1-4-16-28(17-5-1)39-42-41(46-40(45(39)46)29-18-6-2-7-19-29)44-36-27-15-13-25-34(36)38-37(44)33-24-11-10-22-31(33)32-23-12-14-26-35(32)43(38)30-20-8-3-9-21-30/h1-27,39-40H. The van der Waals surface area contributed by atoms with Crippen molar-refractivity contribution in [3.63, 3.8) is 0 Å². The summed E-state index contributed by atoms with van der Waals surface area (Å²) in [5, 5.41) is 5.98. The molecule has 7 aromatic rings. The maximum atomic E-state index is 5.53. The Kier molecular flexibility index (Phi) is 5.41. The summed E-state index contributed by atoms with van der Waals surface area (Å²) in [6.45, 7) is 0. The minimum Gasteiger partial charge on any atom is -0.307 e. The molecule has 3 atom stereocenters. The van der Waals surface area contributed by atoms with Crippen LogP contribution in [0.4, 0.5) is 17.1 Å². The summed E-state index contributed by atoms with van der Waals surface area (Å²) in [4.78, 5) is 7.98. The van der Waals surface area contributed by atoms with Crippen LogP contribution in [0, 0.1) is 0 Å². The molecular weight excluding hydrogens is 562 g/mol. The van der Waals surface area contributed by atoms with Crippen LogP contribution in [-0.2, 0) is 0 Å². The topological polar surface area (TPSA) is 26.5 Å². The monoisotopic (exact) mass is 591 g/mol. The molecule has 3 aliphatic heterocycles. The molecule has 6 aromatic carbocycles. The lowest BCUT2D eigenvalue weighted by Crippen LogP contribution is -2.21. The van der Waals surface area contributed by atoms with Gasteiger partial charge in [-0.15, -0.1) is 0 Å². The Bertz CT molecular complexity index is 2290. The van der Waals surface area contributed by atoms with Crippen molar-refractivity contribution in [3.8, 4) is 22.4 Å². The van der Waals surface area contributed by atoms with Crippen LogP contribution in [-0.4, -0.2) is 20.5 Å². The molecule has 46 heavy (non-hydrogen) atoms. The number of fused-ring (bicyclic) bond motifs is 8. The quantitative estimate of drug-likeness (QED) is 0.191. The first-order valence-corrected chi connectivity index (χ1v) is 15.8. The zero-order valence-electron chi connectivity index (χ0n) is 25.0. The van der Waals surface area contributed by atoms with Crippen LogP contribution in [0.15, 0.2) is 169 Å². The summed E-state index contributed by atoms with van der Waals surface area (Å²) in [6.07, 6.45) is -0.0270. The molecule has 1 aromatic heterocycles. The molecule has 0 aliphatic carbocycles. The molecule has 0 radical (unpaired) electrons. The van der Waals surface area contributed by atoms with Gasteiger partial charge >= 0.3 is 0 Å². The second-order valence-corrected chi connectivity index (χ2v) is 12.0. The maximum Gasteiger partial charge on any atom is 0.224 e. The SMILES string of the molecule is c1ccc(C2N=C(n3c4c(c5ccccc53)N(c3ccccc3)c3ccccc3-c3ccccc3-4)N3C(c4ccccc4)N23)cc1. The molecule has 3 aliphatic rings. The number of rotatable bonds is 3. The lowest BCUT2D eigenvalue weighted by atomic mass is 9.97. The first-order valence-electron chi connectivity index (χ1n) is 15.8. The second kappa shape index (κ2) is 9.80. The maximum absolute atomic E-state index is 5.53. The average Bonchev–Trinajstić information content (AvgIpc) is 3.65. The number of hydrogen-bond donors (Lipinski definition) is 0. The highest BCUT2D eigenvalue weighted by molar-refractivity contribution is 6.16. The number of hydrogen-bond acceptors (Lipinski definition) is 4. The summed E-state index contributed by atoms with van der Waals surface area (Å²) < 4.78 is 2.42. The fourth-order valence-corrected chi connectivity index (χ4v) is 7.50. The highest BCUT2D eigenvalue weighted by Gasteiger charge is 2.58. The van der Waals surface area contributed by atoms with Crippen molar-refractivity contribution in [1.82, 2.24) is 14.6 Å². The number of benzene rings is 6. The molecule has 0 saturated carbocycles. The van der Waals surface area contributed by atoms with Gasteiger partial charge in [-0.3, -0.25) is 4.57 Å². The van der Waals surface area contributed by atoms with Crippen molar-refractivity contribution in [3.05, 3.63) is 175 Å². The Labute approximate surface area is 267 Å². The zero-order chi connectivity index (χ0) is 30.2. The summed E-state index contributed by atoms with van der Waals surface area (Å²) in [5.74, 6) is 0.939. The normalized spacial score (nSPS) is 19.1. The molecule has 0 bridgehead atoms. The van der Waals surface area contributed by atoms with Gasteiger partial charge in [0.1, 0.15) is 6.17 Å². The smallest absolute Gasteiger partial charge is 0.224 e. The lowest BCUT2D eigenvalue weighted by molar-refractivity contribution is 0.340. The Balaban J connectivity index is 1.30. The van der Waals surface area contributed by atoms with E-state index in [1.807, 2.05) is 0 Å². The van der Waals surface area contributed by atoms with Gasteiger partial charge in [0.15, 0.2) is 6.17 Å². The van der Waals surface area contributed by atoms with Gasteiger partial charge in [0.05, 0.1) is 22.6 Å². The Hall–Kier alpha value is -5.91. The van der Waals surface area contributed by atoms with Crippen LogP contribution >= 0.6 is 0 Å². The van der Waals surface area contributed by atoms with E-state index < -0.39 is 0 Å². The molecule has 5 heteroatoms. The fourth-order valence-electron chi connectivity index (χ4n) is 7.50. The third kappa shape index (κ3) is 3.57. The van der Waals surface area contributed by atoms with E-state index in [2.05, 4.69) is 183 Å². The Morgan fingerprint density at radius 3 is 1.85 bits per heavy atom. The largest absolute Gasteiger partial charge is 0.307 e. The number of nitrogens with zero attached hydrogens (tertiary/aromatic N) is 5. The van der Waals surface area contributed by atoms with Crippen LogP contribution in [0.2, 0.25) is 0 Å². The molecule has 1 saturated heterocycles. The minimum absolute atomic E-state index is 0.0964. The summed E-state index contributed by atoms with van der Waals surface area (Å²) in [5.41, 5.74) is 11.8. The Morgan fingerprint density at radius 2 is 1.09 bits per heavy atom. The predicted octanol–water partition coefficient (Wildman–Crippen LogP) is 9.91. The van der Waals surface area contributed by atoms with E-state index in [0.29, 0.717) is 0 Å². The molecule has 0 N–H and O–H groups in total. The second-order valence-electron chi connectivity index (χ2n) is 12.0. The van der Waals surface area contributed by atoms with Crippen LogP contribution in [0.25, 0.3) is 33.3 Å². The van der Waals surface area contributed by atoms with Crippen molar-refractivity contribution >= 4 is 33.9 Å². The van der Waals surface area contributed by atoms with Gasteiger partial charge in [0.25, 0.3) is 0 Å². The van der Waals surface area contributed by atoms with E-state index in [9.17, 15) is 0 Å². The molecule has 10 rings (SSSR count). The number of anilines is 3. The molecule has 1 fully saturated rings. The number of aliphatic imine (C=N–C) groups is 1. The number of aromatic nitrogens is 1. The van der Waals surface area contributed by atoms with Crippen molar-refractivity contribution in [2.75, 3.05) is 4.90 Å². The fraction of sp³-hybridized carbons (Fsp3) is 0.0488. The van der Waals surface area contributed by atoms with Crippen LogP contribution in [0.5, 0.6) is 0 Å².